The summed E-state index contributed by atoms with van der Waals surface area (Å²) < 4.78 is 27.2. The van der Waals surface area contributed by atoms with E-state index >= 15 is 0 Å². The lowest BCUT2D eigenvalue weighted by Gasteiger charge is -2.11. The number of halogens is 1. The highest BCUT2D eigenvalue weighted by molar-refractivity contribution is 7.92. The minimum absolute atomic E-state index is 0.114. The van der Waals surface area contributed by atoms with Crippen molar-refractivity contribution in [2.45, 2.75) is 31.1 Å². The molecule has 0 radical (unpaired) electrons. The molecule has 0 fully saturated rings. The Hall–Kier alpha value is -2.12. The normalized spacial score (nSPS) is 12.6. The molecular weight excluding hydrogens is 352 g/mol. The maximum atomic E-state index is 12.4. The van der Waals surface area contributed by atoms with Gasteiger partial charge in [0.25, 0.3) is 15.7 Å². The second-order valence-corrected chi connectivity index (χ2v) is 7.50. The van der Waals surface area contributed by atoms with E-state index in [1.807, 2.05) is 12.1 Å². The number of nitrogens with one attached hydrogen (secondary N) is 1. The zero-order valence-electron chi connectivity index (χ0n) is 13.2. The lowest BCUT2D eigenvalue weighted by molar-refractivity contribution is -0.384. The molecule has 0 aliphatic heterocycles. The van der Waals surface area contributed by atoms with Gasteiger partial charge in [0.05, 0.1) is 9.82 Å². The minimum atomic E-state index is -3.94. The van der Waals surface area contributed by atoms with Crippen LogP contribution in [0.15, 0.2) is 47.4 Å². The first kappa shape index (κ1) is 18.2. The maximum absolute atomic E-state index is 12.4. The molecule has 0 saturated carbocycles. The molecule has 2 rings (SSSR count). The number of rotatable bonds is 6. The van der Waals surface area contributed by atoms with Gasteiger partial charge in [-0.1, -0.05) is 37.6 Å². The number of nitro groups is 1. The van der Waals surface area contributed by atoms with E-state index < -0.39 is 20.6 Å². The summed E-state index contributed by atoms with van der Waals surface area (Å²) in [7, 11) is -3.94. The first-order valence-electron chi connectivity index (χ1n) is 7.31. The van der Waals surface area contributed by atoms with Crippen molar-refractivity contribution >= 4 is 33.0 Å². The number of hydrogen-bond acceptors (Lipinski definition) is 4. The first-order chi connectivity index (χ1) is 11.2. The predicted octanol–water partition coefficient (Wildman–Crippen LogP) is 4.56. The highest BCUT2D eigenvalue weighted by Gasteiger charge is 2.20. The molecule has 6 nitrogen and oxygen atoms in total. The van der Waals surface area contributed by atoms with Gasteiger partial charge in [-0.15, -0.1) is 0 Å². The van der Waals surface area contributed by atoms with Crippen molar-refractivity contribution in [3.05, 3.63) is 63.2 Å². The van der Waals surface area contributed by atoms with Crippen LogP contribution in [-0.4, -0.2) is 13.3 Å². The number of hydrogen-bond donors (Lipinski definition) is 1. The smallest absolute Gasteiger partial charge is 0.280 e. The molecule has 1 N–H and O–H groups in total. The number of sulfonamides is 1. The van der Waals surface area contributed by atoms with Gasteiger partial charge in [0, 0.05) is 11.8 Å². The van der Waals surface area contributed by atoms with Crippen LogP contribution in [0, 0.1) is 10.1 Å². The van der Waals surface area contributed by atoms with Crippen LogP contribution in [0.5, 0.6) is 0 Å². The SMILES string of the molecule is CCC(C)c1ccc(NS(=O)(=O)c2ccc(Cl)c([N+](=O)[O-])c2)cc1. The third-order valence-corrected chi connectivity index (χ3v) is 5.47. The highest BCUT2D eigenvalue weighted by atomic mass is 35.5. The molecule has 128 valence electrons. The van der Waals surface area contributed by atoms with Crippen LogP contribution in [0.2, 0.25) is 5.02 Å². The van der Waals surface area contributed by atoms with E-state index in [1.54, 1.807) is 12.1 Å². The molecule has 1 unspecified atom stereocenters. The van der Waals surface area contributed by atoms with E-state index in [9.17, 15) is 18.5 Å². The van der Waals surface area contributed by atoms with E-state index in [2.05, 4.69) is 18.6 Å². The monoisotopic (exact) mass is 368 g/mol. The van der Waals surface area contributed by atoms with E-state index in [0.717, 1.165) is 18.1 Å². The fourth-order valence-corrected chi connectivity index (χ4v) is 3.39. The molecule has 2 aromatic carbocycles. The summed E-state index contributed by atoms with van der Waals surface area (Å²) in [5.41, 5.74) is 1.05. The van der Waals surface area contributed by atoms with Crippen molar-refractivity contribution in [3.63, 3.8) is 0 Å². The molecule has 0 spiro atoms. The Labute approximate surface area is 145 Å². The van der Waals surface area contributed by atoms with Gasteiger partial charge in [-0.05, 0) is 42.2 Å². The summed E-state index contributed by atoms with van der Waals surface area (Å²) in [6.45, 7) is 4.17. The minimum Gasteiger partial charge on any atom is -0.280 e. The Bertz CT molecular complexity index is 851. The largest absolute Gasteiger partial charge is 0.289 e. The number of benzene rings is 2. The van der Waals surface area contributed by atoms with Crippen molar-refractivity contribution in [2.24, 2.45) is 0 Å². The Morgan fingerprint density at radius 1 is 1.21 bits per heavy atom. The average Bonchev–Trinajstić information content (AvgIpc) is 2.54. The molecule has 0 heterocycles. The quantitative estimate of drug-likeness (QED) is 0.597. The zero-order chi connectivity index (χ0) is 17.9. The van der Waals surface area contributed by atoms with Gasteiger partial charge in [0.15, 0.2) is 0 Å². The van der Waals surface area contributed by atoms with Crippen LogP contribution in [0.4, 0.5) is 11.4 Å². The van der Waals surface area contributed by atoms with E-state index in [1.165, 1.54) is 12.1 Å². The Morgan fingerprint density at radius 3 is 2.38 bits per heavy atom. The number of anilines is 1. The average molecular weight is 369 g/mol. The van der Waals surface area contributed by atoms with Crippen molar-refractivity contribution < 1.29 is 13.3 Å². The van der Waals surface area contributed by atoms with Crippen molar-refractivity contribution in [3.8, 4) is 0 Å². The summed E-state index contributed by atoms with van der Waals surface area (Å²) in [6, 6.07) is 10.4. The third-order valence-electron chi connectivity index (χ3n) is 3.77. The molecule has 1 atom stereocenters. The van der Waals surface area contributed by atoms with E-state index in [-0.39, 0.29) is 9.92 Å². The van der Waals surface area contributed by atoms with Gasteiger partial charge in [-0.2, -0.15) is 0 Å². The summed E-state index contributed by atoms with van der Waals surface area (Å²) in [5.74, 6) is 0.384. The maximum Gasteiger partial charge on any atom is 0.289 e. The van der Waals surface area contributed by atoms with Gasteiger partial charge in [0.1, 0.15) is 5.02 Å². The third kappa shape index (κ3) is 4.04. The van der Waals surface area contributed by atoms with Gasteiger partial charge in [-0.25, -0.2) is 8.42 Å². The Kier molecular flexibility index (Phi) is 5.46. The van der Waals surface area contributed by atoms with Crippen LogP contribution >= 0.6 is 11.6 Å². The Balaban J connectivity index is 2.28. The van der Waals surface area contributed by atoms with E-state index in [0.29, 0.717) is 11.6 Å². The standard InChI is InChI=1S/C16H17ClN2O4S/c1-3-11(2)12-4-6-13(7-5-12)18-24(22,23)14-8-9-15(17)16(10-14)19(20)21/h4-11,18H,3H2,1-2H3. The van der Waals surface area contributed by atoms with Gasteiger partial charge in [-0.3, -0.25) is 14.8 Å². The Morgan fingerprint density at radius 2 is 1.83 bits per heavy atom. The molecule has 2 aromatic rings. The lowest BCUT2D eigenvalue weighted by Crippen LogP contribution is -2.13. The van der Waals surface area contributed by atoms with Crippen LogP contribution < -0.4 is 4.72 Å². The first-order valence-corrected chi connectivity index (χ1v) is 9.17. The molecule has 24 heavy (non-hydrogen) atoms. The van der Waals surface area contributed by atoms with Crippen molar-refractivity contribution in [1.82, 2.24) is 0 Å². The summed E-state index contributed by atoms with van der Waals surface area (Å²) in [5, 5.41) is 10.8. The van der Waals surface area contributed by atoms with Gasteiger partial charge in [0.2, 0.25) is 0 Å². The molecular formula is C16H17ClN2O4S. The molecule has 0 aliphatic rings. The fourth-order valence-electron chi connectivity index (χ4n) is 2.13. The summed E-state index contributed by atoms with van der Waals surface area (Å²) >= 11 is 5.71. The van der Waals surface area contributed by atoms with Crippen LogP contribution in [0.3, 0.4) is 0 Å². The second kappa shape index (κ2) is 7.19. The van der Waals surface area contributed by atoms with E-state index in [4.69, 9.17) is 11.6 Å². The molecule has 0 amide bonds. The second-order valence-electron chi connectivity index (χ2n) is 5.41. The predicted molar refractivity (Wildman–Crippen MR) is 94.1 cm³/mol. The van der Waals surface area contributed by atoms with Crippen LogP contribution in [-0.2, 0) is 10.0 Å². The van der Waals surface area contributed by atoms with Gasteiger partial charge < -0.3 is 0 Å². The van der Waals surface area contributed by atoms with Gasteiger partial charge >= 0.3 is 0 Å². The highest BCUT2D eigenvalue weighted by Crippen LogP contribution is 2.28. The molecule has 0 aromatic heterocycles. The van der Waals surface area contributed by atoms with Crippen molar-refractivity contribution in [1.29, 1.82) is 0 Å². The van der Waals surface area contributed by atoms with Crippen LogP contribution in [0.1, 0.15) is 31.7 Å². The summed E-state index contributed by atoms with van der Waals surface area (Å²) in [4.78, 5) is 9.96. The topological polar surface area (TPSA) is 89.3 Å². The molecule has 8 heteroatoms. The number of nitrogens with zero attached hydrogens (tertiary/aromatic N) is 1. The van der Waals surface area contributed by atoms with Crippen LogP contribution in [0.25, 0.3) is 0 Å². The molecule has 0 aliphatic carbocycles. The lowest BCUT2D eigenvalue weighted by atomic mass is 9.99. The fraction of sp³-hybridized carbons (Fsp3) is 0.250. The zero-order valence-corrected chi connectivity index (χ0v) is 14.8. The molecule has 0 bridgehead atoms. The summed E-state index contributed by atoms with van der Waals surface area (Å²) in [6.07, 6.45) is 0.986. The van der Waals surface area contributed by atoms with Crippen molar-refractivity contribution in [2.75, 3.05) is 4.72 Å². The number of nitro benzene ring substituents is 1. The molecule has 0 saturated heterocycles.